The molecule has 3 nitrogen and oxygen atoms in total. The molecule has 1 fully saturated rings. The third-order valence-electron chi connectivity index (χ3n) is 3.00. The maximum Gasteiger partial charge on any atom is 0.254 e. The van der Waals surface area contributed by atoms with Gasteiger partial charge in [-0.05, 0) is 47.2 Å². The number of rotatable bonds is 4. The van der Waals surface area contributed by atoms with Crippen LogP contribution in [0.25, 0.3) is 0 Å². The summed E-state index contributed by atoms with van der Waals surface area (Å²) in [6.45, 7) is 4.81. The first-order valence-corrected chi connectivity index (χ1v) is 7.07. The molecule has 0 atom stereocenters. The van der Waals surface area contributed by atoms with E-state index in [0.717, 1.165) is 35.2 Å². The van der Waals surface area contributed by atoms with Crippen molar-refractivity contribution in [3.63, 3.8) is 0 Å². The van der Waals surface area contributed by atoms with Crippen LogP contribution in [0.1, 0.15) is 23.7 Å². The van der Waals surface area contributed by atoms with Crippen LogP contribution in [-0.4, -0.2) is 36.5 Å². The normalized spacial score (nSPS) is 15.4. The predicted molar refractivity (Wildman–Crippen MR) is 77.1 cm³/mol. The van der Waals surface area contributed by atoms with E-state index in [-0.39, 0.29) is 5.91 Å². The average molecular weight is 344 g/mol. The lowest BCUT2D eigenvalue weighted by Crippen LogP contribution is -2.59. The molecule has 0 aliphatic carbocycles. The van der Waals surface area contributed by atoms with E-state index in [1.54, 1.807) is 0 Å². The Morgan fingerprint density at radius 1 is 1.53 bits per heavy atom. The molecule has 0 bridgehead atoms. The summed E-state index contributed by atoms with van der Waals surface area (Å²) in [5.74, 6) is 0.164. The van der Waals surface area contributed by atoms with Gasteiger partial charge in [0, 0.05) is 28.8 Å². The molecule has 0 aromatic heterocycles. The van der Waals surface area contributed by atoms with Gasteiger partial charge in [0.1, 0.15) is 0 Å². The second kappa shape index (κ2) is 5.82. The average Bonchev–Trinajstić information content (AvgIpc) is 2.25. The van der Waals surface area contributed by atoms with Gasteiger partial charge in [0.15, 0.2) is 0 Å². The van der Waals surface area contributed by atoms with Crippen molar-refractivity contribution in [1.82, 2.24) is 10.2 Å². The van der Waals surface area contributed by atoms with Gasteiger partial charge in [0.05, 0.1) is 6.04 Å². The van der Waals surface area contributed by atoms with Gasteiger partial charge in [-0.2, -0.15) is 0 Å². The summed E-state index contributed by atoms with van der Waals surface area (Å²) in [6.07, 6.45) is 1.01. The number of nitrogens with zero attached hydrogens (tertiary/aromatic N) is 1. The van der Waals surface area contributed by atoms with Crippen molar-refractivity contribution in [2.24, 2.45) is 0 Å². The Hall–Kier alpha value is -0.620. The molecule has 1 saturated heterocycles. The summed E-state index contributed by atoms with van der Waals surface area (Å²) < 4.78 is 1.11. The Kier molecular flexibility index (Phi) is 4.39. The van der Waals surface area contributed by atoms with E-state index < -0.39 is 0 Å². The fraction of sp³-hybridized carbons (Fsp3) is 0.462. The first-order valence-electron chi connectivity index (χ1n) is 5.99. The highest BCUT2D eigenvalue weighted by Crippen LogP contribution is 2.14. The fourth-order valence-electron chi connectivity index (χ4n) is 1.97. The van der Waals surface area contributed by atoms with Gasteiger partial charge in [-0.15, -0.1) is 0 Å². The smallest absolute Gasteiger partial charge is 0.254 e. The first kappa shape index (κ1) is 12.8. The van der Waals surface area contributed by atoms with Crippen LogP contribution in [0.3, 0.4) is 0 Å². The van der Waals surface area contributed by atoms with Crippen LogP contribution in [0.5, 0.6) is 0 Å². The standard InChI is InChI=1S/C13H17IN2O/c1-2-6-16(12-8-15-9-12)13(17)10-4-3-5-11(14)7-10/h3-5,7,12,15H,2,6,8-9H2,1H3. The fourth-order valence-corrected chi connectivity index (χ4v) is 2.52. The van der Waals surface area contributed by atoms with Crippen molar-refractivity contribution in [3.05, 3.63) is 33.4 Å². The zero-order valence-electron chi connectivity index (χ0n) is 9.95. The van der Waals surface area contributed by atoms with Crippen LogP contribution in [0.15, 0.2) is 24.3 Å². The Balaban J connectivity index is 2.15. The van der Waals surface area contributed by atoms with Gasteiger partial charge in [0.2, 0.25) is 0 Å². The Labute approximate surface area is 116 Å². The predicted octanol–water partition coefficient (Wildman–Crippen LogP) is 2.12. The summed E-state index contributed by atoms with van der Waals surface area (Å²) in [5.41, 5.74) is 0.803. The van der Waals surface area contributed by atoms with Gasteiger partial charge >= 0.3 is 0 Å². The summed E-state index contributed by atoms with van der Waals surface area (Å²) in [5, 5.41) is 3.22. The van der Waals surface area contributed by atoms with Crippen LogP contribution in [0.2, 0.25) is 0 Å². The number of carbonyl (C=O) groups is 1. The van der Waals surface area contributed by atoms with Crippen molar-refractivity contribution >= 4 is 28.5 Å². The second-order valence-corrected chi connectivity index (χ2v) is 5.57. The molecule has 1 aromatic rings. The van der Waals surface area contributed by atoms with E-state index in [4.69, 9.17) is 0 Å². The number of halogens is 1. The highest BCUT2D eigenvalue weighted by Gasteiger charge is 2.28. The topological polar surface area (TPSA) is 32.3 Å². The molecule has 0 saturated carbocycles. The van der Waals surface area contributed by atoms with Gasteiger partial charge in [-0.3, -0.25) is 4.79 Å². The van der Waals surface area contributed by atoms with Crippen LogP contribution >= 0.6 is 22.6 Å². The minimum Gasteiger partial charge on any atom is -0.333 e. The SMILES string of the molecule is CCCN(C(=O)c1cccc(I)c1)C1CNC1. The Morgan fingerprint density at radius 2 is 2.29 bits per heavy atom. The summed E-state index contributed by atoms with van der Waals surface area (Å²) >= 11 is 2.24. The van der Waals surface area contributed by atoms with Crippen molar-refractivity contribution in [3.8, 4) is 0 Å². The van der Waals surface area contributed by atoms with E-state index in [2.05, 4.69) is 34.8 Å². The molecule has 1 aliphatic heterocycles. The number of benzene rings is 1. The third-order valence-corrected chi connectivity index (χ3v) is 3.67. The summed E-state index contributed by atoms with van der Waals surface area (Å²) in [6, 6.07) is 8.18. The quantitative estimate of drug-likeness (QED) is 0.849. The number of hydrogen-bond acceptors (Lipinski definition) is 2. The molecular weight excluding hydrogens is 327 g/mol. The lowest BCUT2D eigenvalue weighted by atomic mass is 10.1. The minimum atomic E-state index is 0.164. The van der Waals surface area contributed by atoms with E-state index in [9.17, 15) is 4.79 Å². The number of carbonyl (C=O) groups excluding carboxylic acids is 1. The number of amides is 1. The van der Waals surface area contributed by atoms with Crippen LogP contribution in [-0.2, 0) is 0 Å². The summed E-state index contributed by atoms with van der Waals surface area (Å²) in [4.78, 5) is 14.4. The molecule has 1 aromatic carbocycles. The second-order valence-electron chi connectivity index (χ2n) is 4.32. The molecule has 0 unspecified atom stereocenters. The van der Waals surface area contributed by atoms with Crippen molar-refractivity contribution in [1.29, 1.82) is 0 Å². The molecule has 1 heterocycles. The van der Waals surface area contributed by atoms with Crippen LogP contribution < -0.4 is 5.32 Å². The monoisotopic (exact) mass is 344 g/mol. The molecule has 4 heteroatoms. The first-order chi connectivity index (χ1) is 8.22. The molecule has 17 heavy (non-hydrogen) atoms. The van der Waals surface area contributed by atoms with Crippen molar-refractivity contribution in [2.75, 3.05) is 19.6 Å². The lowest BCUT2D eigenvalue weighted by molar-refractivity contribution is 0.0615. The minimum absolute atomic E-state index is 0.164. The van der Waals surface area contributed by atoms with Gasteiger partial charge in [-0.25, -0.2) is 0 Å². The molecule has 92 valence electrons. The molecule has 0 spiro atoms. The van der Waals surface area contributed by atoms with E-state index in [0.29, 0.717) is 6.04 Å². The zero-order valence-corrected chi connectivity index (χ0v) is 12.1. The highest BCUT2D eigenvalue weighted by atomic mass is 127. The number of nitrogens with one attached hydrogen (secondary N) is 1. The maximum absolute atomic E-state index is 12.4. The molecule has 0 radical (unpaired) electrons. The van der Waals surface area contributed by atoms with Gasteiger partial charge in [-0.1, -0.05) is 13.0 Å². The lowest BCUT2D eigenvalue weighted by Gasteiger charge is -2.38. The van der Waals surface area contributed by atoms with E-state index in [1.165, 1.54) is 0 Å². The molecular formula is C13H17IN2O. The highest BCUT2D eigenvalue weighted by molar-refractivity contribution is 14.1. The molecule has 2 rings (SSSR count). The maximum atomic E-state index is 12.4. The summed E-state index contributed by atoms with van der Waals surface area (Å²) in [7, 11) is 0. The van der Waals surface area contributed by atoms with Gasteiger partial charge < -0.3 is 10.2 Å². The Morgan fingerprint density at radius 3 is 2.82 bits per heavy atom. The van der Waals surface area contributed by atoms with Gasteiger partial charge in [0.25, 0.3) is 5.91 Å². The van der Waals surface area contributed by atoms with E-state index in [1.807, 2.05) is 29.2 Å². The molecule has 1 aliphatic rings. The third kappa shape index (κ3) is 2.98. The van der Waals surface area contributed by atoms with E-state index >= 15 is 0 Å². The molecule has 1 N–H and O–H groups in total. The zero-order chi connectivity index (χ0) is 12.3. The van der Waals surface area contributed by atoms with Crippen LogP contribution in [0.4, 0.5) is 0 Å². The molecule has 1 amide bonds. The Bertz CT molecular complexity index is 404. The van der Waals surface area contributed by atoms with Crippen LogP contribution in [0, 0.1) is 3.57 Å². The largest absolute Gasteiger partial charge is 0.333 e. The van der Waals surface area contributed by atoms with Crippen molar-refractivity contribution < 1.29 is 4.79 Å². The van der Waals surface area contributed by atoms with Crippen molar-refractivity contribution in [2.45, 2.75) is 19.4 Å². The number of hydrogen-bond donors (Lipinski definition) is 1.